The van der Waals surface area contributed by atoms with Gasteiger partial charge in [0.1, 0.15) is 5.75 Å². The predicted molar refractivity (Wildman–Crippen MR) is 98.8 cm³/mol. The fourth-order valence-electron chi connectivity index (χ4n) is 3.72. The van der Waals surface area contributed by atoms with Crippen molar-refractivity contribution >= 4 is 11.6 Å². The van der Waals surface area contributed by atoms with Crippen LogP contribution in [-0.4, -0.2) is 18.2 Å². The van der Waals surface area contributed by atoms with Crippen molar-refractivity contribution in [3.8, 4) is 5.75 Å². The maximum Gasteiger partial charge on any atom is 0.163 e. The van der Waals surface area contributed by atoms with E-state index in [2.05, 4.69) is 12.1 Å². The van der Waals surface area contributed by atoms with Crippen LogP contribution in [0, 0.1) is 0 Å². The first-order valence-electron chi connectivity index (χ1n) is 9.39. The van der Waals surface area contributed by atoms with Crippen LogP contribution in [0.4, 0.5) is 0 Å². The quantitative estimate of drug-likeness (QED) is 0.643. The van der Waals surface area contributed by atoms with Crippen LogP contribution in [0.5, 0.6) is 5.75 Å². The highest BCUT2D eigenvalue weighted by atomic mass is 16.5. The Morgan fingerprint density at radius 1 is 1.08 bits per heavy atom. The summed E-state index contributed by atoms with van der Waals surface area (Å²) in [5, 5.41) is 0. The minimum Gasteiger partial charge on any atom is -0.494 e. The van der Waals surface area contributed by atoms with Crippen LogP contribution in [0.15, 0.2) is 47.1 Å². The molecule has 0 amide bonds. The van der Waals surface area contributed by atoms with Crippen molar-refractivity contribution < 1.29 is 14.3 Å². The molecule has 132 valence electrons. The van der Waals surface area contributed by atoms with Gasteiger partial charge in [-0.2, -0.15) is 0 Å². The molecular weight excluding hydrogens is 312 g/mol. The summed E-state index contributed by atoms with van der Waals surface area (Å²) >= 11 is 0. The third-order valence-corrected chi connectivity index (χ3v) is 5.00. The van der Waals surface area contributed by atoms with Gasteiger partial charge in [-0.15, -0.1) is 0 Å². The van der Waals surface area contributed by atoms with Crippen molar-refractivity contribution in [3.63, 3.8) is 0 Å². The Morgan fingerprint density at radius 2 is 1.88 bits per heavy atom. The van der Waals surface area contributed by atoms with Gasteiger partial charge in [0.25, 0.3) is 0 Å². The Hall–Kier alpha value is -2.16. The highest BCUT2D eigenvalue weighted by Gasteiger charge is 2.30. The molecule has 0 fully saturated rings. The molecule has 25 heavy (non-hydrogen) atoms. The second kappa shape index (κ2) is 8.28. The summed E-state index contributed by atoms with van der Waals surface area (Å²) in [4.78, 5) is 24.6. The first kappa shape index (κ1) is 17.7. The van der Waals surface area contributed by atoms with E-state index in [9.17, 15) is 9.59 Å². The topological polar surface area (TPSA) is 43.4 Å². The number of benzene rings is 1. The van der Waals surface area contributed by atoms with E-state index in [1.54, 1.807) is 0 Å². The Bertz CT molecular complexity index is 703. The molecule has 0 unspecified atom stereocenters. The molecule has 0 spiro atoms. The Morgan fingerprint density at radius 3 is 2.64 bits per heavy atom. The van der Waals surface area contributed by atoms with Gasteiger partial charge in [0.15, 0.2) is 11.6 Å². The van der Waals surface area contributed by atoms with E-state index < -0.39 is 0 Å². The molecule has 2 aliphatic carbocycles. The molecule has 0 radical (unpaired) electrons. The largest absolute Gasteiger partial charge is 0.494 e. The number of carbonyl (C=O) groups is 2. The van der Waals surface area contributed by atoms with Crippen molar-refractivity contribution in [2.45, 2.75) is 58.3 Å². The number of allylic oxidation sites excluding steroid dienone is 4. The van der Waals surface area contributed by atoms with E-state index in [-0.39, 0.29) is 11.6 Å². The number of unbranched alkanes of at least 4 members (excludes halogenated alkanes) is 1. The molecule has 0 N–H and O–H groups in total. The maximum atomic E-state index is 12.5. The average Bonchev–Trinajstić information content (AvgIpc) is 3.01. The van der Waals surface area contributed by atoms with E-state index in [4.69, 9.17) is 4.74 Å². The molecule has 3 rings (SSSR count). The fourth-order valence-corrected chi connectivity index (χ4v) is 3.72. The minimum absolute atomic E-state index is 0.147. The number of ether oxygens (including phenoxy) is 1. The van der Waals surface area contributed by atoms with Crippen LogP contribution in [0.3, 0.4) is 0 Å². The number of Topliss-reactive ketones (excluding diaryl/α,β-unsaturated/α-hetero) is 2. The lowest BCUT2D eigenvalue weighted by Crippen LogP contribution is -2.12. The van der Waals surface area contributed by atoms with Crippen LogP contribution in [0.2, 0.25) is 0 Å². The first-order valence-corrected chi connectivity index (χ1v) is 9.39. The molecule has 0 bridgehead atoms. The third kappa shape index (κ3) is 4.28. The molecule has 0 aliphatic heterocycles. The van der Waals surface area contributed by atoms with Crippen LogP contribution >= 0.6 is 0 Å². The van der Waals surface area contributed by atoms with Crippen molar-refractivity contribution in [1.82, 2.24) is 0 Å². The number of rotatable bonds is 8. The number of aryl methyl sites for hydroxylation is 1. The number of ketones is 2. The summed E-state index contributed by atoms with van der Waals surface area (Å²) in [5.41, 5.74) is 3.96. The lowest BCUT2D eigenvalue weighted by Gasteiger charge is -2.14. The molecule has 0 saturated heterocycles. The van der Waals surface area contributed by atoms with Gasteiger partial charge in [0.05, 0.1) is 6.61 Å². The van der Waals surface area contributed by atoms with E-state index in [1.807, 2.05) is 25.1 Å². The summed E-state index contributed by atoms with van der Waals surface area (Å²) in [6, 6.07) is 8.17. The molecule has 3 nitrogen and oxygen atoms in total. The molecule has 0 heterocycles. The second-order valence-electron chi connectivity index (χ2n) is 6.77. The van der Waals surface area contributed by atoms with Crippen molar-refractivity contribution in [1.29, 1.82) is 0 Å². The zero-order valence-electron chi connectivity index (χ0n) is 15.0. The van der Waals surface area contributed by atoms with Gasteiger partial charge in [-0.05, 0) is 63.1 Å². The zero-order valence-corrected chi connectivity index (χ0v) is 15.0. The Labute approximate surface area is 149 Å². The van der Waals surface area contributed by atoms with Crippen LogP contribution in [0.1, 0.15) is 57.4 Å². The Balaban J connectivity index is 1.47. The molecule has 3 heteroatoms. The van der Waals surface area contributed by atoms with Crippen LogP contribution < -0.4 is 4.74 Å². The van der Waals surface area contributed by atoms with Crippen molar-refractivity contribution in [2.24, 2.45) is 0 Å². The summed E-state index contributed by atoms with van der Waals surface area (Å²) in [6.45, 7) is 2.66. The number of hydrogen-bond donors (Lipinski definition) is 0. The van der Waals surface area contributed by atoms with Crippen molar-refractivity contribution in [2.75, 3.05) is 6.61 Å². The maximum absolute atomic E-state index is 12.5. The monoisotopic (exact) mass is 338 g/mol. The molecule has 1 aromatic carbocycles. The normalized spacial score (nSPS) is 16.7. The average molecular weight is 338 g/mol. The molecule has 0 saturated carbocycles. The van der Waals surface area contributed by atoms with Gasteiger partial charge in [-0.3, -0.25) is 9.59 Å². The fraction of sp³-hybridized carbons (Fsp3) is 0.455. The number of carbonyl (C=O) groups excluding carboxylic acids is 2. The van der Waals surface area contributed by atoms with E-state index in [0.717, 1.165) is 49.8 Å². The van der Waals surface area contributed by atoms with E-state index in [0.29, 0.717) is 25.0 Å². The minimum atomic E-state index is 0.147. The highest BCUT2D eigenvalue weighted by molar-refractivity contribution is 6.14. The van der Waals surface area contributed by atoms with Crippen LogP contribution in [0.25, 0.3) is 0 Å². The summed E-state index contributed by atoms with van der Waals surface area (Å²) < 4.78 is 5.45. The predicted octanol–water partition coefficient (Wildman–Crippen LogP) is 4.75. The highest BCUT2D eigenvalue weighted by Crippen LogP contribution is 2.36. The van der Waals surface area contributed by atoms with E-state index >= 15 is 0 Å². The van der Waals surface area contributed by atoms with Gasteiger partial charge in [-0.25, -0.2) is 0 Å². The molecule has 0 atom stereocenters. The smallest absolute Gasteiger partial charge is 0.163 e. The zero-order chi connectivity index (χ0) is 17.6. The Kier molecular flexibility index (Phi) is 5.85. The van der Waals surface area contributed by atoms with Crippen LogP contribution in [-0.2, 0) is 16.0 Å². The van der Waals surface area contributed by atoms with Gasteiger partial charge < -0.3 is 4.74 Å². The summed E-state index contributed by atoms with van der Waals surface area (Å²) in [6.07, 6.45) is 8.63. The SMILES string of the molecule is CCOc1ccc(CCCCC(=O)C2=CCCC3=C2C(=O)CC3)cc1. The summed E-state index contributed by atoms with van der Waals surface area (Å²) in [7, 11) is 0. The summed E-state index contributed by atoms with van der Waals surface area (Å²) in [5.74, 6) is 1.22. The van der Waals surface area contributed by atoms with Crippen molar-refractivity contribution in [3.05, 3.63) is 52.6 Å². The second-order valence-corrected chi connectivity index (χ2v) is 6.77. The molecule has 2 aliphatic rings. The van der Waals surface area contributed by atoms with Gasteiger partial charge in [-0.1, -0.05) is 23.8 Å². The van der Waals surface area contributed by atoms with E-state index in [1.165, 1.54) is 11.1 Å². The van der Waals surface area contributed by atoms with Gasteiger partial charge in [0.2, 0.25) is 0 Å². The van der Waals surface area contributed by atoms with Gasteiger partial charge >= 0.3 is 0 Å². The lowest BCUT2D eigenvalue weighted by molar-refractivity contribution is -0.118. The molecule has 0 aromatic heterocycles. The molecule has 1 aromatic rings. The number of hydrogen-bond acceptors (Lipinski definition) is 3. The third-order valence-electron chi connectivity index (χ3n) is 5.00. The van der Waals surface area contributed by atoms with Gasteiger partial charge in [0, 0.05) is 24.0 Å². The standard InChI is InChI=1S/C22H26O3/c1-2-25-18-13-10-16(11-14-18)6-3-4-9-20(23)19-8-5-7-17-12-15-21(24)22(17)19/h8,10-11,13-14H,2-7,9,12,15H2,1H3. The lowest BCUT2D eigenvalue weighted by atomic mass is 9.88. The first-order chi connectivity index (χ1) is 12.2. The molecular formula is C22H26O3.